The Bertz CT molecular complexity index is 794. The number of anilines is 1. The van der Waals surface area contributed by atoms with Crippen LogP contribution < -0.4 is 5.32 Å². The zero-order valence-electron chi connectivity index (χ0n) is 14.4. The van der Waals surface area contributed by atoms with Crippen LogP contribution in [-0.4, -0.2) is 38.0 Å². The zero-order chi connectivity index (χ0) is 18.3. The molecular weight excluding hydrogens is 338 g/mol. The summed E-state index contributed by atoms with van der Waals surface area (Å²) in [6, 6.07) is 8.63. The van der Waals surface area contributed by atoms with Gasteiger partial charge < -0.3 is 5.32 Å². The molecule has 1 amide bonds. The number of carbonyl (C=O) groups excluding carboxylic acids is 1. The Morgan fingerprint density at radius 2 is 2.08 bits per heavy atom. The van der Waals surface area contributed by atoms with E-state index in [1.807, 2.05) is 6.07 Å². The third kappa shape index (κ3) is 6.00. The Kier molecular flexibility index (Phi) is 6.73. The maximum absolute atomic E-state index is 12.2. The number of nitrogens with one attached hydrogen (secondary N) is 1. The lowest BCUT2D eigenvalue weighted by molar-refractivity contribution is -0.116. The molecule has 0 heterocycles. The summed E-state index contributed by atoms with van der Waals surface area (Å²) in [7, 11) is -3.49. The molecule has 0 spiro atoms. The van der Waals surface area contributed by atoms with E-state index >= 15 is 0 Å². The van der Waals surface area contributed by atoms with Gasteiger partial charge in [-0.25, -0.2) is 8.42 Å². The van der Waals surface area contributed by atoms with E-state index in [4.69, 9.17) is 5.26 Å². The minimum Gasteiger partial charge on any atom is -0.324 e. The minimum absolute atomic E-state index is 0.258. The second kappa shape index (κ2) is 8.79. The number of para-hydroxylation sites is 1. The highest BCUT2D eigenvalue weighted by atomic mass is 32.2. The van der Waals surface area contributed by atoms with Crippen molar-refractivity contribution in [1.82, 2.24) is 4.31 Å². The molecule has 7 heteroatoms. The number of carbonyl (C=O) groups is 1. The standard InChI is InChI=1S/C18H23N3O3S/c1-25(23,24)21(12-11-15-7-3-2-4-8-15)14-18(22)20-17-10-6-5-9-16(17)13-19/h5-7,9-10H,2-4,8,11-12,14H2,1H3,(H,20,22). The molecule has 0 atom stereocenters. The van der Waals surface area contributed by atoms with Gasteiger partial charge in [-0.15, -0.1) is 0 Å². The van der Waals surface area contributed by atoms with Crippen molar-refractivity contribution in [2.45, 2.75) is 32.1 Å². The Balaban J connectivity index is 2.00. The lowest BCUT2D eigenvalue weighted by Crippen LogP contribution is -2.38. The molecule has 0 radical (unpaired) electrons. The topological polar surface area (TPSA) is 90.3 Å². The lowest BCUT2D eigenvalue weighted by Gasteiger charge is -2.21. The second-order valence-corrected chi connectivity index (χ2v) is 8.14. The van der Waals surface area contributed by atoms with Crippen LogP contribution in [0.1, 0.15) is 37.7 Å². The maximum atomic E-state index is 12.2. The van der Waals surface area contributed by atoms with Gasteiger partial charge in [-0.3, -0.25) is 4.79 Å². The molecule has 2 rings (SSSR count). The van der Waals surface area contributed by atoms with Crippen LogP contribution in [0, 0.1) is 11.3 Å². The fourth-order valence-corrected chi connectivity index (χ4v) is 3.58. The highest BCUT2D eigenvalue weighted by molar-refractivity contribution is 7.88. The Hall–Kier alpha value is -2.17. The number of sulfonamides is 1. The van der Waals surface area contributed by atoms with Crippen LogP contribution in [0.5, 0.6) is 0 Å². The van der Waals surface area contributed by atoms with Crippen LogP contribution in [0.25, 0.3) is 0 Å². The summed E-state index contributed by atoms with van der Waals surface area (Å²) >= 11 is 0. The third-order valence-corrected chi connectivity index (χ3v) is 5.43. The summed E-state index contributed by atoms with van der Waals surface area (Å²) in [5, 5.41) is 11.7. The molecule has 25 heavy (non-hydrogen) atoms. The van der Waals surface area contributed by atoms with Gasteiger partial charge in [0.15, 0.2) is 0 Å². The average molecular weight is 361 g/mol. The number of hydrogen-bond donors (Lipinski definition) is 1. The van der Waals surface area contributed by atoms with Crippen molar-refractivity contribution in [1.29, 1.82) is 5.26 Å². The Labute approximate surface area is 149 Å². The summed E-state index contributed by atoms with van der Waals surface area (Å²) in [6.07, 6.45) is 8.29. The van der Waals surface area contributed by atoms with Crippen LogP contribution in [0.4, 0.5) is 5.69 Å². The number of amides is 1. The average Bonchev–Trinajstić information content (AvgIpc) is 2.59. The van der Waals surface area contributed by atoms with Crippen molar-refractivity contribution in [2.75, 3.05) is 24.7 Å². The van der Waals surface area contributed by atoms with E-state index < -0.39 is 15.9 Å². The predicted molar refractivity (Wildman–Crippen MR) is 97.4 cm³/mol. The van der Waals surface area contributed by atoms with E-state index in [0.29, 0.717) is 17.7 Å². The molecule has 1 N–H and O–H groups in total. The van der Waals surface area contributed by atoms with Crippen LogP contribution in [0.15, 0.2) is 35.9 Å². The first-order valence-corrected chi connectivity index (χ1v) is 10.2. The molecule has 0 aromatic heterocycles. The number of rotatable bonds is 7. The maximum Gasteiger partial charge on any atom is 0.239 e. The third-order valence-electron chi connectivity index (χ3n) is 4.18. The number of nitriles is 1. The van der Waals surface area contributed by atoms with Crippen LogP contribution in [0.3, 0.4) is 0 Å². The van der Waals surface area contributed by atoms with E-state index in [1.165, 1.54) is 16.3 Å². The Morgan fingerprint density at radius 1 is 1.32 bits per heavy atom. The highest BCUT2D eigenvalue weighted by Gasteiger charge is 2.21. The van der Waals surface area contributed by atoms with E-state index in [1.54, 1.807) is 24.3 Å². The summed E-state index contributed by atoms with van der Waals surface area (Å²) in [4.78, 5) is 12.2. The quantitative estimate of drug-likeness (QED) is 0.756. The molecule has 0 fully saturated rings. The predicted octanol–water partition coefficient (Wildman–Crippen LogP) is 2.65. The first-order chi connectivity index (χ1) is 11.9. The highest BCUT2D eigenvalue weighted by Crippen LogP contribution is 2.21. The van der Waals surface area contributed by atoms with Gasteiger partial charge in [0.1, 0.15) is 6.07 Å². The van der Waals surface area contributed by atoms with Crippen LogP contribution in [-0.2, 0) is 14.8 Å². The summed E-state index contributed by atoms with van der Waals surface area (Å²) in [5.41, 5.74) is 1.99. The number of hydrogen-bond acceptors (Lipinski definition) is 4. The van der Waals surface area contributed by atoms with Crippen LogP contribution >= 0.6 is 0 Å². The van der Waals surface area contributed by atoms with Crippen molar-refractivity contribution >= 4 is 21.6 Å². The summed E-state index contributed by atoms with van der Waals surface area (Å²) in [5.74, 6) is -0.453. The van der Waals surface area contributed by atoms with Crippen molar-refractivity contribution in [3.05, 3.63) is 41.5 Å². The molecular formula is C18H23N3O3S. The van der Waals surface area contributed by atoms with Gasteiger partial charge in [0.25, 0.3) is 0 Å². The molecule has 0 saturated heterocycles. The van der Waals surface area contributed by atoms with Gasteiger partial charge in [-0.1, -0.05) is 23.8 Å². The van der Waals surface area contributed by atoms with E-state index in [-0.39, 0.29) is 13.1 Å². The van der Waals surface area contributed by atoms with Gasteiger partial charge in [0, 0.05) is 6.54 Å². The molecule has 1 aliphatic rings. The molecule has 134 valence electrons. The molecule has 1 aliphatic carbocycles. The Morgan fingerprint density at radius 3 is 2.72 bits per heavy atom. The van der Waals surface area contributed by atoms with Crippen molar-refractivity contribution in [3.63, 3.8) is 0 Å². The first-order valence-electron chi connectivity index (χ1n) is 8.32. The number of nitrogens with zero attached hydrogens (tertiary/aromatic N) is 2. The molecule has 0 saturated carbocycles. The fourth-order valence-electron chi connectivity index (χ4n) is 2.80. The normalized spacial score (nSPS) is 14.7. The SMILES string of the molecule is CS(=O)(=O)N(CCC1=CCCCC1)CC(=O)Nc1ccccc1C#N. The van der Waals surface area contributed by atoms with Gasteiger partial charge in [-0.2, -0.15) is 9.57 Å². The van der Waals surface area contributed by atoms with E-state index in [9.17, 15) is 13.2 Å². The van der Waals surface area contributed by atoms with Gasteiger partial charge in [0.05, 0.1) is 24.1 Å². The van der Waals surface area contributed by atoms with Gasteiger partial charge in [0.2, 0.25) is 15.9 Å². The largest absolute Gasteiger partial charge is 0.324 e. The summed E-state index contributed by atoms with van der Waals surface area (Å²) in [6.45, 7) is 0.0316. The van der Waals surface area contributed by atoms with E-state index in [2.05, 4.69) is 11.4 Å². The van der Waals surface area contributed by atoms with E-state index in [0.717, 1.165) is 25.5 Å². The lowest BCUT2D eigenvalue weighted by atomic mass is 9.97. The first kappa shape index (κ1) is 19.2. The van der Waals surface area contributed by atoms with Gasteiger partial charge in [-0.05, 0) is 44.2 Å². The van der Waals surface area contributed by atoms with Crippen LogP contribution in [0.2, 0.25) is 0 Å². The molecule has 0 aliphatic heterocycles. The van der Waals surface area contributed by atoms with Gasteiger partial charge >= 0.3 is 0 Å². The molecule has 1 aromatic carbocycles. The fraction of sp³-hybridized carbons (Fsp3) is 0.444. The molecule has 6 nitrogen and oxygen atoms in total. The minimum atomic E-state index is -3.49. The second-order valence-electron chi connectivity index (χ2n) is 6.16. The molecule has 1 aromatic rings. The zero-order valence-corrected chi connectivity index (χ0v) is 15.2. The molecule has 0 unspecified atom stereocenters. The van der Waals surface area contributed by atoms with Crippen molar-refractivity contribution in [2.24, 2.45) is 0 Å². The smallest absolute Gasteiger partial charge is 0.239 e. The number of allylic oxidation sites excluding steroid dienone is 1. The monoisotopic (exact) mass is 361 g/mol. The molecule has 0 bridgehead atoms. The van der Waals surface area contributed by atoms with Crippen molar-refractivity contribution in [3.8, 4) is 6.07 Å². The summed E-state index contributed by atoms with van der Waals surface area (Å²) < 4.78 is 25.2. The van der Waals surface area contributed by atoms with Crippen molar-refractivity contribution < 1.29 is 13.2 Å². The number of benzene rings is 1.